The second kappa shape index (κ2) is 6.45. The first kappa shape index (κ1) is 13.8. The summed E-state index contributed by atoms with van der Waals surface area (Å²) in [6.45, 7) is 8.44. The molecule has 0 saturated heterocycles. The van der Waals surface area contributed by atoms with Crippen LogP contribution in [0.4, 0.5) is 0 Å². The molecule has 1 aromatic rings. The van der Waals surface area contributed by atoms with E-state index in [2.05, 4.69) is 29.1 Å². The molecule has 0 aliphatic rings. The lowest BCUT2D eigenvalue weighted by Gasteiger charge is -2.20. The summed E-state index contributed by atoms with van der Waals surface area (Å²) >= 11 is 0. The van der Waals surface area contributed by atoms with Crippen LogP contribution < -0.4 is 5.32 Å². The summed E-state index contributed by atoms with van der Waals surface area (Å²) in [5.74, 6) is 0.141. The molecule has 0 spiro atoms. The predicted octanol–water partition coefficient (Wildman–Crippen LogP) is 1.46. The minimum absolute atomic E-state index is 0.139. The van der Waals surface area contributed by atoms with Gasteiger partial charge in [-0.2, -0.15) is 0 Å². The first-order chi connectivity index (χ1) is 8.10. The van der Waals surface area contributed by atoms with Crippen molar-refractivity contribution in [3.63, 3.8) is 0 Å². The average molecular weight is 237 g/mol. The topological polar surface area (TPSA) is 37.3 Å². The minimum atomic E-state index is -0.139. The number of aryl methyl sites for hydroxylation is 1. The van der Waals surface area contributed by atoms with Gasteiger partial charge < -0.3 is 14.8 Å². The summed E-state index contributed by atoms with van der Waals surface area (Å²) < 4.78 is 2.17. The fraction of sp³-hybridized carbons (Fsp3) is 0.615. The van der Waals surface area contributed by atoms with Crippen LogP contribution in [-0.4, -0.2) is 35.0 Å². The first-order valence-electron chi connectivity index (χ1n) is 6.22. The summed E-state index contributed by atoms with van der Waals surface area (Å²) in [5, 5.41) is 3.26. The third-order valence-corrected chi connectivity index (χ3v) is 3.07. The molecule has 4 heteroatoms. The molecule has 1 unspecified atom stereocenters. The van der Waals surface area contributed by atoms with E-state index in [0.29, 0.717) is 0 Å². The molecule has 0 aliphatic heterocycles. The SMILES string of the molecule is CCN(C)C(=O)C(C)NCc1cccn1CC. The van der Waals surface area contributed by atoms with Crippen LogP contribution in [0.2, 0.25) is 0 Å². The van der Waals surface area contributed by atoms with Gasteiger partial charge in [0.2, 0.25) is 5.91 Å². The van der Waals surface area contributed by atoms with Crippen molar-refractivity contribution in [1.82, 2.24) is 14.8 Å². The lowest BCUT2D eigenvalue weighted by molar-refractivity contribution is -0.131. The largest absolute Gasteiger partial charge is 0.351 e. The van der Waals surface area contributed by atoms with Crippen molar-refractivity contribution >= 4 is 5.91 Å². The van der Waals surface area contributed by atoms with E-state index in [1.54, 1.807) is 4.90 Å². The number of aromatic nitrogens is 1. The maximum absolute atomic E-state index is 11.8. The smallest absolute Gasteiger partial charge is 0.239 e. The molecule has 17 heavy (non-hydrogen) atoms. The Morgan fingerprint density at radius 2 is 2.24 bits per heavy atom. The highest BCUT2D eigenvalue weighted by Gasteiger charge is 2.15. The fourth-order valence-electron chi connectivity index (χ4n) is 1.75. The van der Waals surface area contributed by atoms with Crippen molar-refractivity contribution in [3.8, 4) is 0 Å². The molecule has 0 fully saturated rings. The van der Waals surface area contributed by atoms with Crippen LogP contribution in [0.5, 0.6) is 0 Å². The second-order valence-corrected chi connectivity index (χ2v) is 4.24. The van der Waals surface area contributed by atoms with Crippen molar-refractivity contribution < 1.29 is 4.79 Å². The standard InChI is InChI=1S/C13H23N3O/c1-5-15(4)13(17)11(3)14-10-12-8-7-9-16(12)6-2/h7-9,11,14H,5-6,10H2,1-4H3. The Labute approximate surface area is 104 Å². The average Bonchev–Trinajstić information content (AvgIpc) is 2.81. The van der Waals surface area contributed by atoms with Crippen molar-refractivity contribution in [2.45, 2.75) is 39.9 Å². The molecule has 1 aromatic heterocycles. The quantitative estimate of drug-likeness (QED) is 0.813. The molecule has 1 N–H and O–H groups in total. The molecule has 0 aliphatic carbocycles. The van der Waals surface area contributed by atoms with Crippen molar-refractivity contribution in [2.75, 3.05) is 13.6 Å². The van der Waals surface area contributed by atoms with Gasteiger partial charge in [0.15, 0.2) is 0 Å². The third-order valence-electron chi connectivity index (χ3n) is 3.07. The zero-order chi connectivity index (χ0) is 12.8. The molecule has 1 rings (SSSR count). The lowest BCUT2D eigenvalue weighted by atomic mass is 10.2. The van der Waals surface area contributed by atoms with Crippen LogP contribution in [0.15, 0.2) is 18.3 Å². The van der Waals surface area contributed by atoms with E-state index >= 15 is 0 Å². The monoisotopic (exact) mass is 237 g/mol. The predicted molar refractivity (Wildman–Crippen MR) is 69.7 cm³/mol. The number of carbonyl (C=O) groups is 1. The normalized spacial score (nSPS) is 12.5. The molecule has 1 amide bonds. The zero-order valence-electron chi connectivity index (χ0n) is 11.2. The number of rotatable bonds is 6. The molecule has 1 atom stereocenters. The number of amides is 1. The Morgan fingerprint density at radius 3 is 2.82 bits per heavy atom. The molecule has 0 aromatic carbocycles. The van der Waals surface area contributed by atoms with Crippen LogP contribution in [0.1, 0.15) is 26.5 Å². The summed E-state index contributed by atoms with van der Waals surface area (Å²) in [6.07, 6.45) is 2.06. The molecule has 96 valence electrons. The number of hydrogen-bond acceptors (Lipinski definition) is 2. The van der Waals surface area contributed by atoms with Crippen LogP contribution in [0, 0.1) is 0 Å². The summed E-state index contributed by atoms with van der Waals surface area (Å²) in [7, 11) is 1.83. The highest BCUT2D eigenvalue weighted by Crippen LogP contribution is 2.02. The summed E-state index contributed by atoms with van der Waals surface area (Å²) in [6, 6.07) is 3.97. The van der Waals surface area contributed by atoms with Crippen LogP contribution >= 0.6 is 0 Å². The Morgan fingerprint density at radius 1 is 1.53 bits per heavy atom. The van der Waals surface area contributed by atoms with Crippen molar-refractivity contribution in [2.24, 2.45) is 0 Å². The number of nitrogens with one attached hydrogen (secondary N) is 1. The van der Waals surface area contributed by atoms with Gasteiger partial charge in [0.25, 0.3) is 0 Å². The van der Waals surface area contributed by atoms with Gasteiger partial charge in [0.05, 0.1) is 6.04 Å². The number of nitrogens with zero attached hydrogens (tertiary/aromatic N) is 2. The molecule has 4 nitrogen and oxygen atoms in total. The number of carbonyl (C=O) groups excluding carboxylic acids is 1. The second-order valence-electron chi connectivity index (χ2n) is 4.24. The zero-order valence-corrected chi connectivity index (χ0v) is 11.2. The van der Waals surface area contributed by atoms with Gasteiger partial charge in [0, 0.05) is 38.6 Å². The summed E-state index contributed by atoms with van der Waals surface area (Å²) in [5.41, 5.74) is 1.21. The van der Waals surface area contributed by atoms with E-state index in [0.717, 1.165) is 19.6 Å². The Balaban J connectivity index is 2.48. The Hall–Kier alpha value is -1.29. The van der Waals surface area contributed by atoms with Gasteiger partial charge in [-0.3, -0.25) is 4.79 Å². The highest BCUT2D eigenvalue weighted by molar-refractivity contribution is 5.81. The molecule has 1 heterocycles. The number of hydrogen-bond donors (Lipinski definition) is 1. The Kier molecular flexibility index (Phi) is 5.22. The summed E-state index contributed by atoms with van der Waals surface area (Å²) in [4.78, 5) is 13.6. The van der Waals surface area contributed by atoms with E-state index in [9.17, 15) is 4.79 Å². The van der Waals surface area contributed by atoms with Gasteiger partial charge in [-0.1, -0.05) is 0 Å². The van der Waals surface area contributed by atoms with Gasteiger partial charge in [0.1, 0.15) is 0 Å². The molecule has 0 bridgehead atoms. The van der Waals surface area contributed by atoms with Crippen LogP contribution in [-0.2, 0) is 17.9 Å². The van der Waals surface area contributed by atoms with E-state index in [4.69, 9.17) is 0 Å². The van der Waals surface area contributed by atoms with E-state index in [1.165, 1.54) is 5.69 Å². The van der Waals surface area contributed by atoms with Crippen LogP contribution in [0.3, 0.4) is 0 Å². The van der Waals surface area contributed by atoms with E-state index in [-0.39, 0.29) is 11.9 Å². The molecular weight excluding hydrogens is 214 g/mol. The molecular formula is C13H23N3O. The minimum Gasteiger partial charge on any atom is -0.351 e. The number of likely N-dealkylation sites (N-methyl/N-ethyl adjacent to an activating group) is 1. The molecule has 0 saturated carbocycles. The van der Waals surface area contributed by atoms with Gasteiger partial charge in [-0.15, -0.1) is 0 Å². The Bertz CT molecular complexity index is 359. The van der Waals surface area contributed by atoms with E-state index in [1.807, 2.05) is 27.0 Å². The fourth-order valence-corrected chi connectivity index (χ4v) is 1.75. The van der Waals surface area contributed by atoms with Gasteiger partial charge >= 0.3 is 0 Å². The van der Waals surface area contributed by atoms with Gasteiger partial charge in [-0.25, -0.2) is 0 Å². The third kappa shape index (κ3) is 3.60. The lowest BCUT2D eigenvalue weighted by Crippen LogP contribution is -2.42. The van der Waals surface area contributed by atoms with Crippen LogP contribution in [0.25, 0.3) is 0 Å². The molecule has 0 radical (unpaired) electrons. The van der Waals surface area contributed by atoms with E-state index < -0.39 is 0 Å². The maximum atomic E-state index is 11.8. The highest BCUT2D eigenvalue weighted by atomic mass is 16.2. The van der Waals surface area contributed by atoms with Crippen molar-refractivity contribution in [1.29, 1.82) is 0 Å². The van der Waals surface area contributed by atoms with Gasteiger partial charge in [-0.05, 0) is 32.9 Å². The maximum Gasteiger partial charge on any atom is 0.239 e. The first-order valence-corrected chi connectivity index (χ1v) is 6.22. The van der Waals surface area contributed by atoms with Crippen molar-refractivity contribution in [3.05, 3.63) is 24.0 Å².